The summed E-state index contributed by atoms with van der Waals surface area (Å²) in [5, 5.41) is 3.44. The number of aryl methyl sites for hydroxylation is 1. The first-order valence-electron chi connectivity index (χ1n) is 8.49. The predicted molar refractivity (Wildman–Crippen MR) is 101 cm³/mol. The van der Waals surface area contributed by atoms with Crippen molar-refractivity contribution in [1.82, 2.24) is 4.98 Å². The number of nitrogens with zero attached hydrogens (tertiary/aromatic N) is 2. The monoisotopic (exact) mass is 357 g/mol. The predicted octanol–water partition coefficient (Wildman–Crippen LogP) is 3.88. The van der Waals surface area contributed by atoms with E-state index in [0.29, 0.717) is 30.9 Å². The number of benzene rings is 1. The summed E-state index contributed by atoms with van der Waals surface area (Å²) in [5.41, 5.74) is 2.02. The second kappa shape index (κ2) is 6.96. The van der Waals surface area contributed by atoms with E-state index in [9.17, 15) is 9.59 Å². The van der Waals surface area contributed by atoms with Crippen LogP contribution in [0.1, 0.15) is 43.6 Å². The van der Waals surface area contributed by atoms with E-state index in [1.807, 2.05) is 30.0 Å². The van der Waals surface area contributed by atoms with Crippen molar-refractivity contribution in [3.8, 4) is 0 Å². The highest BCUT2D eigenvalue weighted by atomic mass is 32.1. The van der Waals surface area contributed by atoms with Gasteiger partial charge in [0.05, 0.1) is 0 Å². The number of aromatic nitrogens is 1. The molecule has 2 heterocycles. The topological polar surface area (TPSA) is 62.3 Å². The van der Waals surface area contributed by atoms with Gasteiger partial charge in [-0.15, -0.1) is 11.3 Å². The Morgan fingerprint density at radius 3 is 2.84 bits per heavy atom. The van der Waals surface area contributed by atoms with Gasteiger partial charge in [-0.1, -0.05) is 32.0 Å². The van der Waals surface area contributed by atoms with Gasteiger partial charge in [-0.2, -0.15) is 0 Å². The zero-order valence-electron chi connectivity index (χ0n) is 14.8. The third-order valence-electron chi connectivity index (χ3n) is 4.47. The van der Waals surface area contributed by atoms with Crippen LogP contribution in [0.15, 0.2) is 30.5 Å². The highest BCUT2D eigenvalue weighted by molar-refractivity contribution is 7.15. The minimum atomic E-state index is -0.149. The van der Waals surface area contributed by atoms with Gasteiger partial charge < -0.3 is 10.2 Å². The zero-order chi connectivity index (χ0) is 18.0. The first kappa shape index (κ1) is 17.6. The van der Waals surface area contributed by atoms with Crippen LogP contribution < -0.4 is 10.2 Å². The molecule has 1 aliphatic rings. The normalized spacial score (nSPS) is 15.8. The maximum atomic E-state index is 12.6. The van der Waals surface area contributed by atoms with E-state index in [1.54, 1.807) is 6.20 Å². The highest BCUT2D eigenvalue weighted by Crippen LogP contribution is 2.40. The third kappa shape index (κ3) is 3.90. The second-order valence-corrected chi connectivity index (χ2v) is 8.29. The summed E-state index contributed by atoms with van der Waals surface area (Å²) in [6.45, 7) is 6.71. The van der Waals surface area contributed by atoms with E-state index in [4.69, 9.17) is 0 Å². The van der Waals surface area contributed by atoms with Gasteiger partial charge in [0, 0.05) is 41.6 Å². The summed E-state index contributed by atoms with van der Waals surface area (Å²) < 4.78 is 0. The molecule has 5 nitrogen and oxygen atoms in total. The van der Waals surface area contributed by atoms with Crippen LogP contribution in [-0.4, -0.2) is 23.3 Å². The fourth-order valence-corrected chi connectivity index (χ4v) is 3.90. The van der Waals surface area contributed by atoms with E-state index >= 15 is 0 Å². The average molecular weight is 357 g/mol. The Labute approximate surface area is 152 Å². The molecule has 0 unspecified atom stereocenters. The van der Waals surface area contributed by atoms with Crippen LogP contribution in [0.2, 0.25) is 0 Å². The maximum Gasteiger partial charge on any atom is 0.227 e. The molecule has 25 heavy (non-hydrogen) atoms. The van der Waals surface area contributed by atoms with Gasteiger partial charge in [-0.3, -0.25) is 9.59 Å². The number of para-hydroxylation sites is 1. The molecule has 0 bridgehead atoms. The van der Waals surface area contributed by atoms with Gasteiger partial charge >= 0.3 is 0 Å². The van der Waals surface area contributed by atoms with Crippen molar-refractivity contribution in [2.75, 3.05) is 16.8 Å². The van der Waals surface area contributed by atoms with Crippen molar-refractivity contribution in [2.45, 2.75) is 45.4 Å². The Balaban J connectivity index is 1.61. The van der Waals surface area contributed by atoms with E-state index in [2.05, 4.69) is 30.2 Å². The summed E-state index contributed by atoms with van der Waals surface area (Å²) in [6.07, 6.45) is 3.23. The Morgan fingerprint density at radius 1 is 1.36 bits per heavy atom. The molecule has 0 atom stereocenters. The Morgan fingerprint density at radius 2 is 2.12 bits per heavy atom. The highest BCUT2D eigenvalue weighted by Gasteiger charge is 2.35. The van der Waals surface area contributed by atoms with Gasteiger partial charge in [0.25, 0.3) is 0 Å². The molecule has 0 saturated heterocycles. The van der Waals surface area contributed by atoms with Crippen LogP contribution >= 0.6 is 11.3 Å². The molecule has 0 aliphatic carbocycles. The lowest BCUT2D eigenvalue weighted by atomic mass is 9.77. The van der Waals surface area contributed by atoms with Gasteiger partial charge in [0.15, 0.2) is 5.13 Å². The summed E-state index contributed by atoms with van der Waals surface area (Å²) >= 11 is 1.46. The molecule has 0 radical (unpaired) electrons. The van der Waals surface area contributed by atoms with Crippen molar-refractivity contribution >= 4 is 34.0 Å². The quantitative estimate of drug-likeness (QED) is 0.883. The van der Waals surface area contributed by atoms with Crippen LogP contribution in [0, 0.1) is 6.92 Å². The fourth-order valence-electron chi connectivity index (χ4n) is 3.22. The standard InChI is InChI=1S/C19H23N3O2S/c1-13-12-20-18(25-13)21-16(23)9-6-10-22-15-8-5-4-7-14(15)19(2,3)11-17(22)24/h4-5,7-8,12H,6,9-11H2,1-3H3,(H,20,21,23). The van der Waals surface area contributed by atoms with Crippen LogP contribution in [0.5, 0.6) is 0 Å². The lowest BCUT2D eigenvalue weighted by Gasteiger charge is -2.38. The van der Waals surface area contributed by atoms with Crippen molar-refractivity contribution in [2.24, 2.45) is 0 Å². The van der Waals surface area contributed by atoms with Crippen molar-refractivity contribution < 1.29 is 9.59 Å². The largest absolute Gasteiger partial charge is 0.312 e. The van der Waals surface area contributed by atoms with Crippen LogP contribution in [-0.2, 0) is 15.0 Å². The molecule has 132 valence electrons. The molecule has 1 aromatic carbocycles. The lowest BCUT2D eigenvalue weighted by molar-refractivity contribution is -0.120. The lowest BCUT2D eigenvalue weighted by Crippen LogP contribution is -2.42. The van der Waals surface area contributed by atoms with E-state index in [0.717, 1.165) is 10.6 Å². The molecule has 0 saturated carbocycles. The minimum absolute atomic E-state index is 0.0626. The molecule has 1 aromatic heterocycles. The summed E-state index contributed by atoms with van der Waals surface area (Å²) in [6, 6.07) is 8.05. The van der Waals surface area contributed by atoms with Gasteiger partial charge in [-0.05, 0) is 25.0 Å². The number of hydrogen-bond donors (Lipinski definition) is 1. The molecular weight excluding hydrogens is 334 g/mol. The number of nitrogens with one attached hydrogen (secondary N) is 1. The van der Waals surface area contributed by atoms with E-state index < -0.39 is 0 Å². The van der Waals surface area contributed by atoms with Crippen LogP contribution in [0.3, 0.4) is 0 Å². The summed E-state index contributed by atoms with van der Waals surface area (Å²) in [5.74, 6) is 0.0621. The SMILES string of the molecule is Cc1cnc(NC(=O)CCCN2C(=O)CC(C)(C)c3ccccc32)s1. The van der Waals surface area contributed by atoms with Crippen molar-refractivity contribution in [3.63, 3.8) is 0 Å². The Kier molecular flexibility index (Phi) is 4.90. The number of hydrogen-bond acceptors (Lipinski definition) is 4. The Bertz CT molecular complexity index is 797. The number of thiazole rings is 1. The maximum absolute atomic E-state index is 12.6. The average Bonchev–Trinajstić information content (AvgIpc) is 2.95. The molecular formula is C19H23N3O2S. The molecule has 1 N–H and O–H groups in total. The number of rotatable bonds is 5. The molecule has 1 aliphatic heterocycles. The molecule has 0 spiro atoms. The van der Waals surface area contributed by atoms with Crippen molar-refractivity contribution in [1.29, 1.82) is 0 Å². The summed E-state index contributed by atoms with van der Waals surface area (Å²) in [4.78, 5) is 31.6. The minimum Gasteiger partial charge on any atom is -0.312 e. The first-order chi connectivity index (χ1) is 11.9. The van der Waals surface area contributed by atoms with Gasteiger partial charge in [-0.25, -0.2) is 4.98 Å². The third-order valence-corrected chi connectivity index (χ3v) is 5.30. The zero-order valence-corrected chi connectivity index (χ0v) is 15.7. The smallest absolute Gasteiger partial charge is 0.227 e. The molecule has 2 aromatic rings. The van der Waals surface area contributed by atoms with Gasteiger partial charge in [0.1, 0.15) is 0 Å². The van der Waals surface area contributed by atoms with Gasteiger partial charge in [0.2, 0.25) is 11.8 Å². The molecule has 6 heteroatoms. The number of amides is 2. The Hall–Kier alpha value is -2.21. The second-order valence-electron chi connectivity index (χ2n) is 7.05. The van der Waals surface area contributed by atoms with Crippen LogP contribution in [0.25, 0.3) is 0 Å². The number of anilines is 2. The molecule has 3 rings (SSSR count). The number of carbonyl (C=O) groups excluding carboxylic acids is 2. The van der Waals surface area contributed by atoms with Crippen LogP contribution in [0.4, 0.5) is 10.8 Å². The number of fused-ring (bicyclic) bond motifs is 1. The molecule has 2 amide bonds. The fraction of sp³-hybridized carbons (Fsp3) is 0.421. The molecule has 0 fully saturated rings. The summed E-state index contributed by atoms with van der Waals surface area (Å²) in [7, 11) is 0. The number of carbonyl (C=O) groups is 2. The van der Waals surface area contributed by atoms with E-state index in [1.165, 1.54) is 16.9 Å². The van der Waals surface area contributed by atoms with Crippen molar-refractivity contribution in [3.05, 3.63) is 40.9 Å². The van der Waals surface area contributed by atoms with E-state index in [-0.39, 0.29) is 17.2 Å². The first-order valence-corrected chi connectivity index (χ1v) is 9.30.